The summed E-state index contributed by atoms with van der Waals surface area (Å²) in [5.41, 5.74) is 3.85. The maximum absolute atomic E-state index is 12.9. The highest BCUT2D eigenvalue weighted by atomic mass is 32.2. The van der Waals surface area contributed by atoms with Crippen LogP contribution in [0.5, 0.6) is 5.75 Å². The summed E-state index contributed by atoms with van der Waals surface area (Å²) in [6, 6.07) is 27.0. The van der Waals surface area contributed by atoms with Gasteiger partial charge in [-0.1, -0.05) is 54.2 Å². The number of thiazole rings is 1. The lowest BCUT2D eigenvalue weighted by atomic mass is 9.99. The van der Waals surface area contributed by atoms with E-state index in [0.29, 0.717) is 33.3 Å². The molecular formula is C30H23N5O4S3. The van der Waals surface area contributed by atoms with E-state index in [9.17, 15) is 18.5 Å². The number of hydrogen-bond acceptors (Lipinski definition) is 9. The van der Waals surface area contributed by atoms with E-state index in [2.05, 4.69) is 21.1 Å². The van der Waals surface area contributed by atoms with E-state index in [1.165, 1.54) is 41.8 Å². The molecule has 0 spiro atoms. The van der Waals surface area contributed by atoms with Gasteiger partial charge in [-0.3, -0.25) is 9.52 Å². The minimum Gasteiger partial charge on any atom is -0.497 e. The number of anilines is 2. The van der Waals surface area contributed by atoms with Gasteiger partial charge >= 0.3 is 0 Å². The van der Waals surface area contributed by atoms with E-state index in [1.54, 1.807) is 12.5 Å². The topological polar surface area (TPSA) is 134 Å². The molecule has 0 saturated heterocycles. The normalized spacial score (nSPS) is 11.0. The van der Waals surface area contributed by atoms with Crippen LogP contribution in [0, 0.1) is 11.3 Å². The van der Waals surface area contributed by atoms with Gasteiger partial charge in [-0.05, 0) is 48.0 Å². The lowest BCUT2D eigenvalue weighted by Crippen LogP contribution is -2.15. The van der Waals surface area contributed by atoms with Crippen molar-refractivity contribution < 1.29 is 17.9 Å². The zero-order valence-corrected chi connectivity index (χ0v) is 24.6. The second kappa shape index (κ2) is 12.9. The predicted octanol–water partition coefficient (Wildman–Crippen LogP) is 6.28. The van der Waals surface area contributed by atoms with Crippen LogP contribution in [0.3, 0.4) is 0 Å². The fraction of sp³-hybridized carbons (Fsp3) is 0.0667. The first-order valence-corrected chi connectivity index (χ1v) is 15.8. The molecule has 0 aliphatic heterocycles. The van der Waals surface area contributed by atoms with Crippen LogP contribution < -0.4 is 14.8 Å². The Bertz CT molecular complexity index is 1840. The lowest BCUT2D eigenvalue weighted by Gasteiger charge is -2.13. The molecule has 210 valence electrons. The summed E-state index contributed by atoms with van der Waals surface area (Å²) in [6.07, 6.45) is 1.51. The van der Waals surface area contributed by atoms with E-state index in [4.69, 9.17) is 9.72 Å². The predicted molar refractivity (Wildman–Crippen MR) is 165 cm³/mol. The molecule has 0 bridgehead atoms. The van der Waals surface area contributed by atoms with Crippen LogP contribution in [0.2, 0.25) is 0 Å². The number of nitriles is 1. The first-order chi connectivity index (χ1) is 20.4. The van der Waals surface area contributed by atoms with Crippen molar-refractivity contribution in [1.29, 1.82) is 5.26 Å². The average molecular weight is 614 g/mol. The molecule has 5 rings (SSSR count). The average Bonchev–Trinajstić information content (AvgIpc) is 3.52. The minimum absolute atomic E-state index is 0.0202. The number of pyridine rings is 1. The largest absolute Gasteiger partial charge is 0.497 e. The quantitative estimate of drug-likeness (QED) is 0.176. The summed E-state index contributed by atoms with van der Waals surface area (Å²) in [4.78, 5) is 21.6. The number of amides is 1. The second-order valence-electron chi connectivity index (χ2n) is 8.75. The van der Waals surface area contributed by atoms with E-state index in [-0.39, 0.29) is 21.7 Å². The number of sulfonamides is 1. The monoisotopic (exact) mass is 613 g/mol. The van der Waals surface area contributed by atoms with E-state index >= 15 is 0 Å². The van der Waals surface area contributed by atoms with Gasteiger partial charge in [0.2, 0.25) is 5.91 Å². The van der Waals surface area contributed by atoms with Crippen LogP contribution in [-0.2, 0) is 14.8 Å². The maximum Gasteiger partial charge on any atom is 0.263 e. The van der Waals surface area contributed by atoms with Crippen molar-refractivity contribution in [2.45, 2.75) is 9.92 Å². The highest BCUT2D eigenvalue weighted by molar-refractivity contribution is 8.00. The van der Waals surface area contributed by atoms with Gasteiger partial charge < -0.3 is 10.1 Å². The Kier molecular flexibility index (Phi) is 8.83. The molecule has 1 amide bonds. The van der Waals surface area contributed by atoms with E-state index < -0.39 is 10.0 Å². The van der Waals surface area contributed by atoms with Crippen LogP contribution in [0.1, 0.15) is 5.56 Å². The molecule has 0 fully saturated rings. The van der Waals surface area contributed by atoms with Crippen molar-refractivity contribution in [3.63, 3.8) is 0 Å². The highest BCUT2D eigenvalue weighted by Crippen LogP contribution is 2.35. The Balaban J connectivity index is 1.35. The number of nitrogens with zero attached hydrogens (tertiary/aromatic N) is 3. The molecule has 0 unspecified atom stereocenters. The molecule has 0 aliphatic rings. The number of rotatable bonds is 10. The first-order valence-electron chi connectivity index (χ1n) is 12.5. The molecule has 9 nitrogen and oxygen atoms in total. The van der Waals surface area contributed by atoms with E-state index in [0.717, 1.165) is 22.9 Å². The van der Waals surface area contributed by atoms with Gasteiger partial charge in [-0.15, -0.1) is 11.3 Å². The molecule has 0 saturated carbocycles. The minimum atomic E-state index is -3.81. The van der Waals surface area contributed by atoms with Gasteiger partial charge in [-0.2, -0.15) is 5.26 Å². The number of aromatic nitrogens is 2. The van der Waals surface area contributed by atoms with Crippen molar-refractivity contribution in [1.82, 2.24) is 9.97 Å². The third-order valence-electron chi connectivity index (χ3n) is 6.01. The Morgan fingerprint density at radius 3 is 2.40 bits per heavy atom. The second-order valence-corrected chi connectivity index (χ2v) is 12.3. The standard InChI is InChI=1S/C30H23N5O4S3/c1-39-23-11-7-20(8-12-23)25-17-27(21-5-3-2-4-6-21)34-29(26(25)18-31)41-19-28(36)33-22-9-13-24(14-10-22)42(37,38)35-30-32-15-16-40-30/h2-17H,19H2,1H3,(H,32,35)(H,33,36). The number of thioether (sulfide) groups is 1. The summed E-state index contributed by atoms with van der Waals surface area (Å²) in [5, 5.41) is 15.2. The first kappa shape index (κ1) is 28.8. The van der Waals surface area contributed by atoms with Gasteiger partial charge in [-0.25, -0.2) is 18.4 Å². The maximum atomic E-state index is 12.9. The van der Waals surface area contributed by atoms with E-state index in [1.807, 2.05) is 60.7 Å². The van der Waals surface area contributed by atoms with Crippen molar-refractivity contribution in [3.8, 4) is 34.2 Å². The number of hydrogen-bond donors (Lipinski definition) is 2. The van der Waals surface area contributed by atoms with Crippen LogP contribution >= 0.6 is 23.1 Å². The Morgan fingerprint density at radius 1 is 1.02 bits per heavy atom. The summed E-state index contributed by atoms with van der Waals surface area (Å²) < 4.78 is 32.8. The third kappa shape index (κ3) is 6.77. The summed E-state index contributed by atoms with van der Waals surface area (Å²) >= 11 is 2.32. The van der Waals surface area contributed by atoms with Crippen molar-refractivity contribution in [2.24, 2.45) is 0 Å². The molecule has 0 atom stereocenters. The highest BCUT2D eigenvalue weighted by Gasteiger charge is 2.18. The molecule has 5 aromatic rings. The molecular weight excluding hydrogens is 591 g/mol. The molecule has 42 heavy (non-hydrogen) atoms. The lowest BCUT2D eigenvalue weighted by molar-refractivity contribution is -0.113. The number of ether oxygens (including phenoxy) is 1. The Morgan fingerprint density at radius 2 is 1.76 bits per heavy atom. The van der Waals surface area contributed by atoms with Crippen molar-refractivity contribution >= 4 is 49.8 Å². The third-order valence-corrected chi connectivity index (χ3v) is 9.16. The summed E-state index contributed by atoms with van der Waals surface area (Å²) in [5.74, 6) is 0.341. The number of carbonyl (C=O) groups is 1. The number of carbonyl (C=O) groups excluding carboxylic acids is 1. The molecule has 0 aliphatic carbocycles. The number of methoxy groups -OCH3 is 1. The number of nitrogens with one attached hydrogen (secondary N) is 2. The van der Waals surface area contributed by atoms with Gasteiger partial charge in [0.25, 0.3) is 10.0 Å². The summed E-state index contributed by atoms with van der Waals surface area (Å²) in [7, 11) is -2.21. The Hall–Kier alpha value is -4.70. The number of benzene rings is 3. The van der Waals surface area contributed by atoms with Crippen LogP contribution in [0.15, 0.2) is 106 Å². The SMILES string of the molecule is COc1ccc(-c2cc(-c3ccccc3)nc(SCC(=O)Nc3ccc(S(=O)(=O)Nc4nccs4)cc3)c2C#N)cc1. The summed E-state index contributed by atoms with van der Waals surface area (Å²) in [6.45, 7) is 0. The van der Waals surface area contributed by atoms with Crippen molar-refractivity contribution in [2.75, 3.05) is 22.9 Å². The molecule has 0 radical (unpaired) electrons. The van der Waals surface area contributed by atoms with Gasteiger partial charge in [0, 0.05) is 28.4 Å². The molecule has 2 heterocycles. The van der Waals surface area contributed by atoms with Gasteiger partial charge in [0.05, 0.1) is 29.0 Å². The zero-order chi connectivity index (χ0) is 29.5. The Labute approximate surface area is 251 Å². The molecule has 2 N–H and O–H groups in total. The van der Waals surface area contributed by atoms with Crippen LogP contribution in [0.25, 0.3) is 22.4 Å². The fourth-order valence-corrected chi connectivity index (χ4v) is 6.58. The smallest absolute Gasteiger partial charge is 0.263 e. The van der Waals surface area contributed by atoms with Crippen LogP contribution in [0.4, 0.5) is 10.8 Å². The van der Waals surface area contributed by atoms with Gasteiger partial charge in [0.15, 0.2) is 5.13 Å². The molecule has 12 heteroatoms. The molecule has 2 aromatic heterocycles. The van der Waals surface area contributed by atoms with Crippen molar-refractivity contribution in [3.05, 3.63) is 102 Å². The van der Waals surface area contributed by atoms with Gasteiger partial charge in [0.1, 0.15) is 16.8 Å². The zero-order valence-electron chi connectivity index (χ0n) is 22.1. The fourth-order valence-electron chi connectivity index (χ4n) is 3.99. The molecule has 3 aromatic carbocycles. The van der Waals surface area contributed by atoms with Crippen LogP contribution in [-0.4, -0.2) is 37.2 Å².